The molecule has 1 N–H and O–H groups in total. The summed E-state index contributed by atoms with van der Waals surface area (Å²) >= 11 is 0. The Hall–Kier alpha value is -1.80. The van der Waals surface area contributed by atoms with Crippen LogP contribution in [0, 0.1) is 6.92 Å². The summed E-state index contributed by atoms with van der Waals surface area (Å²) < 4.78 is 5.94. The minimum Gasteiger partial charge on any atom is -0.457 e. The van der Waals surface area contributed by atoms with Crippen LogP contribution in [-0.4, -0.2) is 5.11 Å². The van der Waals surface area contributed by atoms with Gasteiger partial charge in [0.15, 0.2) is 0 Å². The van der Waals surface area contributed by atoms with E-state index in [9.17, 15) is 5.11 Å². The van der Waals surface area contributed by atoms with Crippen LogP contribution in [0.2, 0.25) is 0 Å². The van der Waals surface area contributed by atoms with Gasteiger partial charge in [0.2, 0.25) is 0 Å². The first-order valence-corrected chi connectivity index (χ1v) is 6.28. The smallest absolute Gasteiger partial charge is 0.130 e. The second-order valence-electron chi connectivity index (χ2n) is 4.80. The summed E-state index contributed by atoms with van der Waals surface area (Å²) in [6, 6.07) is 13.9. The largest absolute Gasteiger partial charge is 0.457 e. The molecule has 1 atom stereocenters. The molecule has 0 bridgehead atoms. The van der Waals surface area contributed by atoms with E-state index in [0.29, 0.717) is 0 Å². The molecule has 1 aliphatic rings. The number of hydrogen-bond donors (Lipinski definition) is 1. The van der Waals surface area contributed by atoms with Gasteiger partial charge in [-0.3, -0.25) is 0 Å². The maximum Gasteiger partial charge on any atom is 0.130 e. The molecule has 2 nitrogen and oxygen atoms in total. The fraction of sp³-hybridized carbons (Fsp3) is 0.250. The lowest BCUT2D eigenvalue weighted by Gasteiger charge is -2.11. The van der Waals surface area contributed by atoms with Crippen LogP contribution in [0.15, 0.2) is 42.5 Å². The van der Waals surface area contributed by atoms with Crippen LogP contribution in [-0.2, 0) is 6.42 Å². The molecular weight excluding hydrogens is 224 g/mol. The molecule has 18 heavy (non-hydrogen) atoms. The summed E-state index contributed by atoms with van der Waals surface area (Å²) in [5.41, 5.74) is 3.34. The van der Waals surface area contributed by atoms with Gasteiger partial charge in [-0.2, -0.15) is 0 Å². The maximum atomic E-state index is 9.86. The first kappa shape index (κ1) is 11.3. The Kier molecular flexibility index (Phi) is 2.80. The van der Waals surface area contributed by atoms with Crippen molar-refractivity contribution in [2.24, 2.45) is 0 Å². The summed E-state index contributed by atoms with van der Waals surface area (Å²) in [4.78, 5) is 0. The van der Waals surface area contributed by atoms with Crippen molar-refractivity contribution in [1.29, 1.82) is 0 Å². The molecular formula is C16H16O2. The molecule has 0 aromatic heterocycles. The quantitative estimate of drug-likeness (QED) is 0.865. The third-order valence-corrected chi connectivity index (χ3v) is 3.41. The Labute approximate surface area is 107 Å². The molecule has 0 fully saturated rings. The van der Waals surface area contributed by atoms with Gasteiger partial charge >= 0.3 is 0 Å². The Morgan fingerprint density at radius 2 is 2.00 bits per heavy atom. The van der Waals surface area contributed by atoms with Gasteiger partial charge in [0.05, 0.1) is 6.10 Å². The summed E-state index contributed by atoms with van der Waals surface area (Å²) in [5.74, 6) is 1.72. The van der Waals surface area contributed by atoms with Crippen LogP contribution in [0.25, 0.3) is 0 Å². The minimum atomic E-state index is -0.332. The zero-order valence-electron chi connectivity index (χ0n) is 10.4. The van der Waals surface area contributed by atoms with E-state index >= 15 is 0 Å². The van der Waals surface area contributed by atoms with E-state index in [1.807, 2.05) is 49.4 Å². The third-order valence-electron chi connectivity index (χ3n) is 3.41. The summed E-state index contributed by atoms with van der Waals surface area (Å²) in [6.07, 6.45) is 1.35. The number of rotatable bonds is 2. The fourth-order valence-electron chi connectivity index (χ4n) is 2.50. The first-order valence-electron chi connectivity index (χ1n) is 6.28. The van der Waals surface area contributed by atoms with Gasteiger partial charge in [-0.25, -0.2) is 0 Å². The van der Waals surface area contributed by atoms with Crippen LogP contribution < -0.4 is 4.74 Å². The first-order chi connectivity index (χ1) is 8.74. The van der Waals surface area contributed by atoms with Gasteiger partial charge in [-0.1, -0.05) is 24.3 Å². The van der Waals surface area contributed by atoms with Crippen molar-refractivity contribution in [2.45, 2.75) is 25.9 Å². The number of ether oxygens (including phenoxy) is 1. The van der Waals surface area contributed by atoms with Gasteiger partial charge < -0.3 is 9.84 Å². The lowest BCUT2D eigenvalue weighted by Crippen LogP contribution is -1.93. The van der Waals surface area contributed by atoms with Gasteiger partial charge in [0.25, 0.3) is 0 Å². The Balaban J connectivity index is 1.95. The number of benzene rings is 2. The van der Waals surface area contributed by atoms with Crippen LogP contribution in [0.3, 0.4) is 0 Å². The second kappa shape index (κ2) is 4.46. The molecule has 0 spiro atoms. The molecule has 0 radical (unpaired) electrons. The Morgan fingerprint density at radius 1 is 1.17 bits per heavy atom. The number of hydrogen-bond acceptors (Lipinski definition) is 2. The standard InChI is InChI=1S/C16H16O2/c1-11-4-2-5-12(10-11)18-16-7-3-6-13-14(16)8-9-15(13)17/h2-7,10,15,17H,8-9H2,1H3/t15-/m0/s1. The molecule has 2 aromatic carbocycles. The molecule has 0 amide bonds. The summed E-state index contributed by atoms with van der Waals surface area (Å²) in [6.45, 7) is 2.05. The van der Waals surface area contributed by atoms with Crippen molar-refractivity contribution in [3.8, 4) is 11.5 Å². The molecule has 0 saturated heterocycles. The average molecular weight is 240 g/mol. The minimum absolute atomic E-state index is 0.332. The van der Waals surface area contributed by atoms with E-state index in [0.717, 1.165) is 35.5 Å². The molecule has 2 aromatic rings. The molecule has 0 saturated carbocycles. The van der Waals surface area contributed by atoms with Crippen molar-refractivity contribution in [1.82, 2.24) is 0 Å². The molecule has 1 aliphatic carbocycles. The third kappa shape index (κ3) is 2.00. The van der Waals surface area contributed by atoms with Crippen molar-refractivity contribution >= 4 is 0 Å². The number of aliphatic hydroxyl groups excluding tert-OH is 1. The summed E-state index contributed by atoms with van der Waals surface area (Å²) in [7, 11) is 0. The van der Waals surface area contributed by atoms with Crippen molar-refractivity contribution in [2.75, 3.05) is 0 Å². The van der Waals surface area contributed by atoms with Gasteiger partial charge in [0.1, 0.15) is 11.5 Å². The van der Waals surface area contributed by atoms with Crippen molar-refractivity contribution in [3.05, 3.63) is 59.2 Å². The van der Waals surface area contributed by atoms with Crippen molar-refractivity contribution in [3.63, 3.8) is 0 Å². The van der Waals surface area contributed by atoms with E-state index < -0.39 is 0 Å². The number of fused-ring (bicyclic) bond motifs is 1. The molecule has 3 rings (SSSR count). The number of aliphatic hydroxyl groups is 1. The zero-order valence-corrected chi connectivity index (χ0v) is 10.4. The maximum absolute atomic E-state index is 9.86. The van der Waals surface area contributed by atoms with Crippen molar-refractivity contribution < 1.29 is 9.84 Å². The molecule has 92 valence electrons. The lowest BCUT2D eigenvalue weighted by molar-refractivity contribution is 0.180. The second-order valence-corrected chi connectivity index (χ2v) is 4.80. The average Bonchev–Trinajstić information content (AvgIpc) is 2.73. The Morgan fingerprint density at radius 3 is 2.83 bits per heavy atom. The highest BCUT2D eigenvalue weighted by atomic mass is 16.5. The van der Waals surface area contributed by atoms with Gasteiger partial charge in [-0.05, 0) is 49.1 Å². The monoisotopic (exact) mass is 240 g/mol. The van der Waals surface area contributed by atoms with E-state index in [1.54, 1.807) is 0 Å². The zero-order chi connectivity index (χ0) is 12.5. The van der Waals surface area contributed by atoms with Crippen LogP contribution >= 0.6 is 0 Å². The molecule has 2 heteroatoms. The van der Waals surface area contributed by atoms with E-state index in [2.05, 4.69) is 0 Å². The van der Waals surface area contributed by atoms with Crippen LogP contribution in [0.5, 0.6) is 11.5 Å². The molecule has 0 unspecified atom stereocenters. The fourth-order valence-corrected chi connectivity index (χ4v) is 2.50. The highest BCUT2D eigenvalue weighted by Gasteiger charge is 2.23. The molecule has 0 aliphatic heterocycles. The highest BCUT2D eigenvalue weighted by Crippen LogP contribution is 2.38. The predicted molar refractivity (Wildman–Crippen MR) is 71.0 cm³/mol. The van der Waals surface area contributed by atoms with Crippen LogP contribution in [0.4, 0.5) is 0 Å². The normalized spacial score (nSPS) is 17.6. The van der Waals surface area contributed by atoms with Crippen LogP contribution in [0.1, 0.15) is 29.2 Å². The van der Waals surface area contributed by atoms with Gasteiger partial charge in [-0.15, -0.1) is 0 Å². The lowest BCUT2D eigenvalue weighted by atomic mass is 10.1. The predicted octanol–water partition coefficient (Wildman–Crippen LogP) is 3.77. The highest BCUT2D eigenvalue weighted by molar-refractivity contribution is 5.46. The van der Waals surface area contributed by atoms with E-state index in [1.165, 1.54) is 5.56 Å². The van der Waals surface area contributed by atoms with E-state index in [4.69, 9.17) is 4.74 Å². The molecule has 0 heterocycles. The Bertz CT molecular complexity index is 575. The summed E-state index contributed by atoms with van der Waals surface area (Å²) in [5, 5.41) is 9.86. The van der Waals surface area contributed by atoms with E-state index in [-0.39, 0.29) is 6.10 Å². The topological polar surface area (TPSA) is 29.5 Å². The SMILES string of the molecule is Cc1cccc(Oc2cccc3c2CC[C@@H]3O)c1. The number of aryl methyl sites for hydroxylation is 1. The van der Waals surface area contributed by atoms with Gasteiger partial charge in [0, 0.05) is 5.56 Å².